The van der Waals surface area contributed by atoms with Crippen molar-refractivity contribution in [2.75, 3.05) is 13.1 Å². The van der Waals surface area contributed by atoms with Crippen LogP contribution in [0.5, 0.6) is 0 Å². The number of hydrogen-bond donors (Lipinski definition) is 0. The zero-order valence-electron chi connectivity index (χ0n) is 11.6. The van der Waals surface area contributed by atoms with Crippen molar-refractivity contribution in [3.8, 4) is 0 Å². The van der Waals surface area contributed by atoms with Crippen molar-refractivity contribution in [2.24, 2.45) is 5.41 Å². The van der Waals surface area contributed by atoms with Gasteiger partial charge in [-0.3, -0.25) is 0 Å². The highest BCUT2D eigenvalue weighted by Gasteiger charge is 2.33. The number of nitrogens with zero attached hydrogens (tertiary/aromatic N) is 1. The fourth-order valence-electron chi connectivity index (χ4n) is 2.32. The average molecular weight is 346 g/mol. The van der Waals surface area contributed by atoms with Gasteiger partial charge in [-0.1, -0.05) is 35.8 Å². The van der Waals surface area contributed by atoms with E-state index in [1.165, 1.54) is 0 Å². The summed E-state index contributed by atoms with van der Waals surface area (Å²) in [6, 6.07) is 5.41. The third-order valence-corrected chi connectivity index (χ3v) is 6.38. The Kier molecular flexibility index (Phi) is 4.10. The summed E-state index contributed by atoms with van der Waals surface area (Å²) in [7, 11) is -3.36. The first kappa shape index (κ1) is 15.0. The lowest BCUT2D eigenvalue weighted by Crippen LogP contribution is -2.41. The third kappa shape index (κ3) is 3.20. The van der Waals surface area contributed by atoms with Crippen LogP contribution in [0.25, 0.3) is 0 Å². The highest BCUT2D eigenvalue weighted by molar-refractivity contribution is 9.10. The second-order valence-corrected chi connectivity index (χ2v) is 8.80. The zero-order chi connectivity index (χ0) is 14.3. The number of hydrogen-bond acceptors (Lipinski definition) is 2. The van der Waals surface area contributed by atoms with Crippen LogP contribution in [0.4, 0.5) is 0 Å². The first-order chi connectivity index (χ1) is 8.72. The maximum Gasteiger partial charge on any atom is 0.243 e. The summed E-state index contributed by atoms with van der Waals surface area (Å²) in [5, 5.41) is 0. The van der Waals surface area contributed by atoms with Gasteiger partial charge in [0.2, 0.25) is 10.0 Å². The van der Waals surface area contributed by atoms with Gasteiger partial charge in [0.05, 0.1) is 4.90 Å². The minimum Gasteiger partial charge on any atom is -0.207 e. The normalized spacial score (nSPS) is 20.4. The number of aryl methyl sites for hydroxylation is 1. The summed E-state index contributed by atoms with van der Waals surface area (Å²) >= 11 is 3.35. The summed E-state index contributed by atoms with van der Waals surface area (Å²) in [6.07, 6.45) is 1.83. The minimum absolute atomic E-state index is 0.248. The largest absolute Gasteiger partial charge is 0.243 e. The predicted octanol–water partition coefficient (Wildman–Crippen LogP) is 3.57. The topological polar surface area (TPSA) is 37.4 Å². The molecule has 1 fully saturated rings. The van der Waals surface area contributed by atoms with Crippen LogP contribution in [0, 0.1) is 12.3 Å². The third-order valence-electron chi connectivity index (χ3n) is 3.84. The molecule has 0 unspecified atom stereocenters. The van der Waals surface area contributed by atoms with Crippen LogP contribution in [0.3, 0.4) is 0 Å². The SMILES string of the molecule is Cc1ccc(Br)cc1S(=O)(=O)N1CCC(C)(C)CC1. The Morgan fingerprint density at radius 3 is 2.37 bits per heavy atom. The van der Waals surface area contributed by atoms with Gasteiger partial charge in [0.25, 0.3) is 0 Å². The van der Waals surface area contributed by atoms with E-state index in [1.807, 2.05) is 19.1 Å². The lowest BCUT2D eigenvalue weighted by Gasteiger charge is -2.36. The monoisotopic (exact) mass is 345 g/mol. The molecule has 0 atom stereocenters. The second kappa shape index (κ2) is 5.19. The second-order valence-electron chi connectivity index (χ2n) is 5.98. The quantitative estimate of drug-likeness (QED) is 0.821. The number of piperidine rings is 1. The Hall–Kier alpha value is -0.390. The fraction of sp³-hybridized carbons (Fsp3) is 0.571. The van der Waals surface area contributed by atoms with Gasteiger partial charge < -0.3 is 0 Å². The Morgan fingerprint density at radius 1 is 1.21 bits per heavy atom. The van der Waals surface area contributed by atoms with Crippen LogP contribution >= 0.6 is 15.9 Å². The van der Waals surface area contributed by atoms with Crippen molar-refractivity contribution >= 4 is 26.0 Å². The van der Waals surface area contributed by atoms with Crippen molar-refractivity contribution in [1.82, 2.24) is 4.31 Å². The average Bonchev–Trinajstić information content (AvgIpc) is 2.31. The molecule has 0 spiro atoms. The smallest absolute Gasteiger partial charge is 0.207 e. The Balaban J connectivity index is 2.31. The lowest BCUT2D eigenvalue weighted by atomic mass is 9.83. The molecule has 0 N–H and O–H groups in total. The number of sulfonamides is 1. The highest BCUT2D eigenvalue weighted by atomic mass is 79.9. The van der Waals surface area contributed by atoms with Gasteiger partial charge in [0, 0.05) is 17.6 Å². The van der Waals surface area contributed by atoms with Gasteiger partial charge in [0.1, 0.15) is 0 Å². The number of benzene rings is 1. The van der Waals surface area contributed by atoms with Crippen molar-refractivity contribution in [3.05, 3.63) is 28.2 Å². The van der Waals surface area contributed by atoms with Gasteiger partial charge >= 0.3 is 0 Å². The van der Waals surface area contributed by atoms with Crippen LogP contribution in [0.2, 0.25) is 0 Å². The zero-order valence-corrected chi connectivity index (χ0v) is 14.0. The molecule has 1 heterocycles. The summed E-state index contributed by atoms with van der Waals surface area (Å²) in [5.74, 6) is 0. The minimum atomic E-state index is -3.36. The fourth-order valence-corrected chi connectivity index (χ4v) is 4.53. The molecule has 3 nitrogen and oxygen atoms in total. The predicted molar refractivity (Wildman–Crippen MR) is 80.7 cm³/mol. The number of halogens is 1. The summed E-state index contributed by atoms with van der Waals surface area (Å²) in [5.41, 5.74) is 1.05. The molecule has 0 radical (unpaired) electrons. The molecule has 0 aromatic heterocycles. The van der Waals surface area contributed by atoms with Gasteiger partial charge in [-0.05, 0) is 42.9 Å². The molecular weight excluding hydrogens is 326 g/mol. The van der Waals surface area contributed by atoms with Crippen LogP contribution in [-0.4, -0.2) is 25.8 Å². The first-order valence-electron chi connectivity index (χ1n) is 6.49. The Labute approximate surface area is 124 Å². The van der Waals surface area contributed by atoms with Gasteiger partial charge in [-0.25, -0.2) is 8.42 Å². The van der Waals surface area contributed by atoms with Gasteiger partial charge in [0.15, 0.2) is 0 Å². The summed E-state index contributed by atoms with van der Waals surface area (Å²) < 4.78 is 27.8. The van der Waals surface area contributed by atoms with Gasteiger partial charge in [-0.15, -0.1) is 0 Å². The van der Waals surface area contributed by atoms with Crippen molar-refractivity contribution < 1.29 is 8.42 Å². The molecule has 1 aromatic carbocycles. The van der Waals surface area contributed by atoms with Crippen molar-refractivity contribution in [3.63, 3.8) is 0 Å². The van der Waals surface area contributed by atoms with Crippen molar-refractivity contribution in [2.45, 2.75) is 38.5 Å². The molecule has 19 heavy (non-hydrogen) atoms. The van der Waals surface area contributed by atoms with Gasteiger partial charge in [-0.2, -0.15) is 4.31 Å². The van der Waals surface area contributed by atoms with E-state index in [9.17, 15) is 8.42 Å². The molecule has 5 heteroatoms. The lowest BCUT2D eigenvalue weighted by molar-refractivity contribution is 0.196. The Morgan fingerprint density at radius 2 is 1.79 bits per heavy atom. The Bertz CT molecular complexity index is 571. The first-order valence-corrected chi connectivity index (χ1v) is 8.72. The highest BCUT2D eigenvalue weighted by Crippen LogP contribution is 2.33. The van der Waals surface area contributed by atoms with Crippen LogP contribution in [0.15, 0.2) is 27.6 Å². The molecule has 106 valence electrons. The summed E-state index contributed by atoms with van der Waals surface area (Å²) in [6.45, 7) is 7.46. The number of rotatable bonds is 2. The maximum atomic E-state index is 12.7. The van der Waals surface area contributed by atoms with E-state index < -0.39 is 10.0 Å². The molecule has 2 rings (SSSR count). The van der Waals surface area contributed by atoms with Crippen molar-refractivity contribution in [1.29, 1.82) is 0 Å². The molecule has 1 aromatic rings. The maximum absolute atomic E-state index is 12.7. The van der Waals surface area contributed by atoms with E-state index in [1.54, 1.807) is 10.4 Å². The van der Waals surface area contributed by atoms with Crippen LogP contribution in [-0.2, 0) is 10.0 Å². The van der Waals surface area contributed by atoms with E-state index in [2.05, 4.69) is 29.8 Å². The summed E-state index contributed by atoms with van der Waals surface area (Å²) in [4.78, 5) is 0.418. The van der Waals surface area contributed by atoms with E-state index >= 15 is 0 Å². The standard InChI is InChI=1S/C14H20BrNO2S/c1-11-4-5-12(15)10-13(11)19(17,18)16-8-6-14(2,3)7-9-16/h4-5,10H,6-9H2,1-3H3. The molecule has 0 aliphatic carbocycles. The molecule has 1 aliphatic rings. The molecule has 0 amide bonds. The van der Waals surface area contributed by atoms with Crippen LogP contribution in [0.1, 0.15) is 32.3 Å². The molecule has 0 bridgehead atoms. The van der Waals surface area contributed by atoms with E-state index in [4.69, 9.17) is 0 Å². The molecular formula is C14H20BrNO2S. The molecule has 1 saturated heterocycles. The van der Waals surface area contributed by atoms with Crippen LogP contribution < -0.4 is 0 Å². The van der Waals surface area contributed by atoms with E-state index in [-0.39, 0.29) is 5.41 Å². The van der Waals surface area contributed by atoms with E-state index in [0.717, 1.165) is 22.9 Å². The molecule has 0 saturated carbocycles. The van der Waals surface area contributed by atoms with E-state index in [0.29, 0.717) is 18.0 Å². The molecule has 1 aliphatic heterocycles.